The van der Waals surface area contributed by atoms with Crippen LogP contribution in [-0.4, -0.2) is 35.6 Å². The highest BCUT2D eigenvalue weighted by Gasteiger charge is 2.60. The zero-order valence-electron chi connectivity index (χ0n) is 15.1. The number of alkyl halides is 3. The molecule has 0 atom stereocenters. The molecule has 2 aromatic rings. The molecule has 14 heteroatoms. The zero-order valence-corrected chi connectivity index (χ0v) is 16.0. The SMILES string of the molecule is Cn1cc(S(=O)(=O)NC2(C(F)(F)F)CCC2)c(F)c1C(=O)Nc1ccnc(F)c1F. The summed E-state index contributed by atoms with van der Waals surface area (Å²) in [6, 6.07) is 0.875. The number of hydrogen-bond donors (Lipinski definition) is 2. The lowest BCUT2D eigenvalue weighted by Crippen LogP contribution is -2.62. The first-order valence-corrected chi connectivity index (χ1v) is 9.84. The van der Waals surface area contributed by atoms with Crippen LogP contribution in [0.4, 0.5) is 32.0 Å². The van der Waals surface area contributed by atoms with E-state index in [-0.39, 0.29) is 6.42 Å². The number of carbonyl (C=O) groups is 1. The molecular formula is C16H14F6N4O3S. The first-order chi connectivity index (χ1) is 13.8. The van der Waals surface area contributed by atoms with E-state index >= 15 is 0 Å². The summed E-state index contributed by atoms with van der Waals surface area (Å²) in [5.41, 5.74) is -4.32. The van der Waals surface area contributed by atoms with E-state index in [1.165, 1.54) is 4.72 Å². The molecule has 1 saturated carbocycles. The number of amides is 1. The maximum absolute atomic E-state index is 14.8. The number of aryl methyl sites for hydroxylation is 1. The molecule has 0 bridgehead atoms. The number of rotatable bonds is 5. The first-order valence-electron chi connectivity index (χ1n) is 8.36. The van der Waals surface area contributed by atoms with Gasteiger partial charge in [0.05, 0.1) is 5.69 Å². The van der Waals surface area contributed by atoms with E-state index in [2.05, 4.69) is 4.98 Å². The average molecular weight is 456 g/mol. The van der Waals surface area contributed by atoms with E-state index in [1.54, 1.807) is 0 Å². The number of hydrogen-bond acceptors (Lipinski definition) is 4. The third-order valence-corrected chi connectivity index (χ3v) is 6.29. The number of nitrogens with one attached hydrogen (secondary N) is 2. The van der Waals surface area contributed by atoms with Gasteiger partial charge in [-0.2, -0.15) is 26.7 Å². The fraction of sp³-hybridized carbons (Fsp3) is 0.375. The summed E-state index contributed by atoms with van der Waals surface area (Å²) in [6.45, 7) is 0. The van der Waals surface area contributed by atoms with Gasteiger partial charge < -0.3 is 9.88 Å². The molecule has 164 valence electrons. The molecule has 3 rings (SSSR count). The van der Waals surface area contributed by atoms with Crippen LogP contribution in [0.1, 0.15) is 29.8 Å². The largest absolute Gasteiger partial charge is 0.407 e. The Bertz CT molecular complexity index is 1110. The molecule has 0 saturated heterocycles. The van der Waals surface area contributed by atoms with Crippen molar-refractivity contribution in [1.29, 1.82) is 0 Å². The minimum Gasteiger partial charge on any atom is -0.343 e. The summed E-state index contributed by atoms with van der Waals surface area (Å²) in [4.78, 5) is 14.1. The molecule has 2 aromatic heterocycles. The standard InChI is InChI=1S/C16H14F6N4O3S/c1-26-7-9(30(28,29)25-15(4-2-5-15)16(20,21)22)11(18)12(26)14(27)24-8-3-6-23-13(19)10(8)17/h3,6-7,25H,2,4-5H2,1H3,(H,23,24,27). The van der Waals surface area contributed by atoms with Crippen LogP contribution in [0.3, 0.4) is 0 Å². The summed E-state index contributed by atoms with van der Waals surface area (Å²) < 4.78 is 108. The smallest absolute Gasteiger partial charge is 0.343 e. The van der Waals surface area contributed by atoms with Crippen molar-refractivity contribution in [2.45, 2.75) is 35.9 Å². The van der Waals surface area contributed by atoms with Gasteiger partial charge in [-0.1, -0.05) is 0 Å². The van der Waals surface area contributed by atoms with Crippen molar-refractivity contribution in [3.63, 3.8) is 0 Å². The van der Waals surface area contributed by atoms with Crippen molar-refractivity contribution in [3.8, 4) is 0 Å². The lowest BCUT2D eigenvalue weighted by atomic mass is 9.77. The number of anilines is 1. The molecule has 1 aliphatic carbocycles. The van der Waals surface area contributed by atoms with Crippen LogP contribution in [0, 0.1) is 17.6 Å². The average Bonchev–Trinajstić information content (AvgIpc) is 2.89. The normalized spacial score (nSPS) is 16.2. The van der Waals surface area contributed by atoms with Crippen molar-refractivity contribution in [1.82, 2.24) is 14.3 Å². The van der Waals surface area contributed by atoms with Gasteiger partial charge in [0, 0.05) is 19.4 Å². The summed E-state index contributed by atoms with van der Waals surface area (Å²) in [5.74, 6) is -6.07. The minimum absolute atomic E-state index is 0.126. The third kappa shape index (κ3) is 3.64. The Labute approximate surface area is 166 Å². The van der Waals surface area contributed by atoms with Gasteiger partial charge in [-0.25, -0.2) is 17.8 Å². The molecule has 1 amide bonds. The second-order valence-electron chi connectivity index (χ2n) is 6.72. The molecule has 0 spiro atoms. The maximum atomic E-state index is 14.8. The molecule has 0 aliphatic heterocycles. The molecule has 2 N–H and O–H groups in total. The highest BCUT2D eigenvalue weighted by atomic mass is 32.2. The number of nitrogens with zero attached hydrogens (tertiary/aromatic N) is 2. The Balaban J connectivity index is 1.93. The quantitative estimate of drug-likeness (QED) is 0.535. The minimum atomic E-state index is -5.01. The number of carbonyl (C=O) groups excluding carboxylic acids is 1. The second-order valence-corrected chi connectivity index (χ2v) is 8.37. The third-order valence-electron chi connectivity index (χ3n) is 4.77. The van der Waals surface area contributed by atoms with E-state index in [4.69, 9.17) is 0 Å². The van der Waals surface area contributed by atoms with Gasteiger partial charge in [0.2, 0.25) is 15.8 Å². The summed E-state index contributed by atoms with van der Waals surface area (Å²) >= 11 is 0. The topological polar surface area (TPSA) is 93.1 Å². The van der Waals surface area contributed by atoms with Gasteiger partial charge in [-0.3, -0.25) is 4.79 Å². The van der Waals surface area contributed by atoms with Crippen LogP contribution in [0.5, 0.6) is 0 Å². The molecule has 0 aromatic carbocycles. The maximum Gasteiger partial charge on any atom is 0.407 e. The molecule has 1 fully saturated rings. The Kier molecular flexibility index (Phi) is 5.35. The van der Waals surface area contributed by atoms with E-state index < -0.39 is 74.3 Å². The summed E-state index contributed by atoms with van der Waals surface area (Å²) in [6.07, 6.45) is -4.36. The van der Waals surface area contributed by atoms with Gasteiger partial charge in [0.25, 0.3) is 11.9 Å². The Morgan fingerprint density at radius 1 is 1.20 bits per heavy atom. The Morgan fingerprint density at radius 2 is 1.83 bits per heavy atom. The lowest BCUT2D eigenvalue weighted by molar-refractivity contribution is -0.212. The Morgan fingerprint density at radius 3 is 2.37 bits per heavy atom. The monoisotopic (exact) mass is 456 g/mol. The van der Waals surface area contributed by atoms with Crippen LogP contribution in [-0.2, 0) is 17.1 Å². The van der Waals surface area contributed by atoms with Crippen LogP contribution >= 0.6 is 0 Å². The predicted octanol–water partition coefficient (Wildman–Crippen LogP) is 2.85. The zero-order chi connectivity index (χ0) is 22.5. The van der Waals surface area contributed by atoms with Gasteiger partial charge >= 0.3 is 6.18 Å². The molecule has 0 unspecified atom stereocenters. The highest BCUT2D eigenvalue weighted by molar-refractivity contribution is 7.89. The highest BCUT2D eigenvalue weighted by Crippen LogP contribution is 2.46. The van der Waals surface area contributed by atoms with Crippen molar-refractivity contribution < 1.29 is 39.6 Å². The van der Waals surface area contributed by atoms with Gasteiger partial charge in [0.15, 0.2) is 5.82 Å². The molecule has 1 aliphatic rings. The van der Waals surface area contributed by atoms with Crippen molar-refractivity contribution >= 4 is 21.6 Å². The fourth-order valence-electron chi connectivity index (χ4n) is 3.00. The van der Waals surface area contributed by atoms with E-state index in [9.17, 15) is 39.6 Å². The van der Waals surface area contributed by atoms with Gasteiger partial charge in [0.1, 0.15) is 16.1 Å². The van der Waals surface area contributed by atoms with Crippen molar-refractivity contribution in [2.24, 2.45) is 7.05 Å². The van der Waals surface area contributed by atoms with Crippen LogP contribution in [0.15, 0.2) is 23.4 Å². The van der Waals surface area contributed by atoms with Crippen LogP contribution < -0.4 is 10.0 Å². The molecule has 30 heavy (non-hydrogen) atoms. The summed E-state index contributed by atoms with van der Waals surface area (Å²) in [7, 11) is -3.95. The lowest BCUT2D eigenvalue weighted by Gasteiger charge is -2.43. The predicted molar refractivity (Wildman–Crippen MR) is 90.4 cm³/mol. The van der Waals surface area contributed by atoms with Crippen molar-refractivity contribution in [2.75, 3.05) is 5.32 Å². The van der Waals surface area contributed by atoms with Crippen LogP contribution in [0.2, 0.25) is 0 Å². The number of halogens is 6. The number of sulfonamides is 1. The number of pyridine rings is 1. The van der Waals surface area contributed by atoms with E-state index in [0.717, 1.165) is 19.3 Å². The van der Waals surface area contributed by atoms with E-state index in [1.807, 2.05) is 5.32 Å². The molecular weight excluding hydrogens is 442 g/mol. The van der Waals surface area contributed by atoms with Crippen LogP contribution in [0.25, 0.3) is 0 Å². The van der Waals surface area contributed by atoms with E-state index in [0.29, 0.717) is 10.8 Å². The Hall–Kier alpha value is -2.61. The summed E-state index contributed by atoms with van der Waals surface area (Å²) in [5, 5.41) is 1.86. The number of aromatic nitrogens is 2. The molecule has 7 nitrogen and oxygen atoms in total. The van der Waals surface area contributed by atoms with Gasteiger partial charge in [-0.15, -0.1) is 0 Å². The fourth-order valence-corrected chi connectivity index (χ4v) is 4.57. The van der Waals surface area contributed by atoms with Gasteiger partial charge in [-0.05, 0) is 25.3 Å². The molecule has 0 radical (unpaired) electrons. The van der Waals surface area contributed by atoms with Crippen molar-refractivity contribution in [3.05, 3.63) is 41.7 Å². The molecule has 2 heterocycles. The second kappa shape index (κ2) is 7.27. The first kappa shape index (κ1) is 22.1.